The Morgan fingerprint density at radius 1 is 0.895 bits per heavy atom. The van der Waals surface area contributed by atoms with Crippen LogP contribution < -0.4 is 0 Å². The smallest absolute Gasteiger partial charge is 0.342 e. The van der Waals surface area contributed by atoms with Gasteiger partial charge in [0.1, 0.15) is 0 Å². The summed E-state index contributed by atoms with van der Waals surface area (Å²) in [5, 5.41) is 3.05. The fraction of sp³-hybridized carbons (Fsp3) is 0.200. The maximum atomic E-state index is 12.8. The Bertz CT molecular complexity index is 540. The maximum absolute atomic E-state index is 12.8. The second-order valence-corrected chi connectivity index (χ2v) is 3.48. The van der Waals surface area contributed by atoms with Crippen molar-refractivity contribution in [2.45, 2.75) is 12.4 Å². The third kappa shape index (κ3) is 2.54. The van der Waals surface area contributed by atoms with Crippen molar-refractivity contribution in [2.75, 3.05) is 0 Å². The van der Waals surface area contributed by atoms with Crippen molar-refractivity contribution in [3.63, 3.8) is 0 Å². The second-order valence-electron chi connectivity index (χ2n) is 3.48. The molecule has 1 heterocycles. The van der Waals surface area contributed by atoms with Crippen LogP contribution in [0.4, 0.5) is 26.3 Å². The van der Waals surface area contributed by atoms with Crippen molar-refractivity contribution in [2.24, 2.45) is 0 Å². The molecular formula is C10H4F6N2O. The van der Waals surface area contributed by atoms with Gasteiger partial charge in [-0.1, -0.05) is 11.2 Å². The lowest BCUT2D eigenvalue weighted by Crippen LogP contribution is -2.14. The van der Waals surface area contributed by atoms with Gasteiger partial charge in [-0.25, -0.2) is 0 Å². The third-order valence-electron chi connectivity index (χ3n) is 2.26. The summed E-state index contributed by atoms with van der Waals surface area (Å²) in [6.45, 7) is 0. The molecule has 0 aliphatic carbocycles. The minimum Gasteiger partial charge on any atom is -0.342 e. The number of aromatic nitrogens is 2. The van der Waals surface area contributed by atoms with Crippen molar-refractivity contribution < 1.29 is 30.9 Å². The molecule has 0 saturated heterocycles. The van der Waals surface area contributed by atoms with Crippen LogP contribution in [0.15, 0.2) is 29.1 Å². The Balaban J connectivity index is 2.78. The molecule has 0 radical (unpaired) electrons. The molecule has 2 aromatic rings. The highest BCUT2D eigenvalue weighted by Crippen LogP contribution is 2.43. The summed E-state index contributed by atoms with van der Waals surface area (Å²) >= 11 is 0. The summed E-state index contributed by atoms with van der Waals surface area (Å²) in [6, 6.07) is 1.73. The van der Waals surface area contributed by atoms with Crippen molar-refractivity contribution in [1.29, 1.82) is 0 Å². The molecule has 0 N–H and O–H groups in total. The summed E-state index contributed by atoms with van der Waals surface area (Å²) in [7, 11) is 0. The molecule has 1 aromatic carbocycles. The summed E-state index contributed by atoms with van der Waals surface area (Å²) < 4.78 is 80.7. The summed E-state index contributed by atoms with van der Waals surface area (Å²) in [6.07, 6.45) is -9.27. The molecule has 0 spiro atoms. The topological polar surface area (TPSA) is 38.9 Å². The SMILES string of the molecule is FC(F)(F)c1cccc(C(F)(F)F)c1-c1ncon1. The van der Waals surface area contributed by atoms with Gasteiger partial charge in [-0.2, -0.15) is 31.3 Å². The molecule has 0 aliphatic heterocycles. The number of halogens is 6. The molecule has 0 aliphatic rings. The standard InChI is InChI=1S/C10H4F6N2O/c11-9(12,13)5-2-1-3-6(10(14,15)16)7(5)8-17-4-19-18-8/h1-4H. The normalized spacial score (nSPS) is 12.7. The highest BCUT2D eigenvalue weighted by molar-refractivity contribution is 5.66. The second kappa shape index (κ2) is 4.25. The Kier molecular flexibility index (Phi) is 2.99. The minimum atomic E-state index is -4.96. The van der Waals surface area contributed by atoms with Gasteiger partial charge in [-0.3, -0.25) is 0 Å². The first-order valence-electron chi connectivity index (χ1n) is 4.75. The Labute approximate surface area is 101 Å². The van der Waals surface area contributed by atoms with Gasteiger partial charge in [0.05, 0.1) is 11.1 Å². The maximum Gasteiger partial charge on any atom is 0.417 e. The average Bonchev–Trinajstić information content (AvgIpc) is 2.78. The first-order valence-corrected chi connectivity index (χ1v) is 4.75. The molecular weight excluding hydrogens is 278 g/mol. The van der Waals surface area contributed by atoms with Gasteiger partial charge in [0, 0.05) is 5.56 Å². The van der Waals surface area contributed by atoms with Gasteiger partial charge < -0.3 is 4.52 Å². The quantitative estimate of drug-likeness (QED) is 0.747. The van der Waals surface area contributed by atoms with Gasteiger partial charge >= 0.3 is 12.4 Å². The Morgan fingerprint density at radius 2 is 1.42 bits per heavy atom. The van der Waals surface area contributed by atoms with Crippen molar-refractivity contribution in [3.05, 3.63) is 35.7 Å². The molecule has 0 amide bonds. The minimum absolute atomic E-state index is 0.529. The van der Waals surface area contributed by atoms with Crippen LogP contribution in [0.2, 0.25) is 0 Å². The lowest BCUT2D eigenvalue weighted by atomic mass is 9.99. The van der Waals surface area contributed by atoms with Gasteiger partial charge in [0.2, 0.25) is 12.2 Å². The highest BCUT2D eigenvalue weighted by Gasteiger charge is 2.42. The zero-order valence-electron chi connectivity index (χ0n) is 8.88. The largest absolute Gasteiger partial charge is 0.417 e. The zero-order valence-corrected chi connectivity index (χ0v) is 8.88. The first-order chi connectivity index (χ1) is 8.71. The molecule has 1 aromatic heterocycles. The molecule has 102 valence electrons. The van der Waals surface area contributed by atoms with Gasteiger partial charge in [-0.15, -0.1) is 0 Å². The molecule has 19 heavy (non-hydrogen) atoms. The van der Waals surface area contributed by atoms with Gasteiger partial charge in [-0.05, 0) is 12.1 Å². The number of nitrogens with zero attached hydrogens (tertiary/aromatic N) is 2. The molecule has 0 atom stereocenters. The zero-order chi connectivity index (χ0) is 14.3. The lowest BCUT2D eigenvalue weighted by molar-refractivity contribution is -0.142. The predicted octanol–water partition coefficient (Wildman–Crippen LogP) is 3.77. The number of hydrogen-bond acceptors (Lipinski definition) is 3. The summed E-state index contributed by atoms with van der Waals surface area (Å²) in [4.78, 5) is 3.26. The first kappa shape index (κ1) is 13.4. The van der Waals surface area contributed by atoms with E-state index in [2.05, 4.69) is 14.7 Å². The van der Waals surface area contributed by atoms with Crippen molar-refractivity contribution in [3.8, 4) is 11.4 Å². The molecule has 0 saturated carbocycles. The van der Waals surface area contributed by atoms with Gasteiger partial charge in [0.25, 0.3) is 0 Å². The molecule has 0 fully saturated rings. The fourth-order valence-corrected chi connectivity index (χ4v) is 1.55. The Hall–Kier alpha value is -2.06. The lowest BCUT2D eigenvalue weighted by Gasteiger charge is -2.16. The van der Waals surface area contributed by atoms with Crippen LogP contribution in [-0.4, -0.2) is 10.1 Å². The van der Waals surface area contributed by atoms with Crippen LogP contribution in [0.25, 0.3) is 11.4 Å². The predicted molar refractivity (Wildman–Crippen MR) is 49.7 cm³/mol. The highest BCUT2D eigenvalue weighted by atomic mass is 19.4. The average molecular weight is 282 g/mol. The van der Waals surface area contributed by atoms with E-state index in [4.69, 9.17) is 0 Å². The monoisotopic (exact) mass is 282 g/mol. The fourth-order valence-electron chi connectivity index (χ4n) is 1.55. The summed E-state index contributed by atoms with van der Waals surface area (Å²) in [5.74, 6) is -0.764. The molecule has 9 heteroatoms. The van der Waals surface area contributed by atoms with Crippen LogP contribution >= 0.6 is 0 Å². The van der Waals surface area contributed by atoms with E-state index in [-0.39, 0.29) is 0 Å². The molecule has 0 bridgehead atoms. The van der Waals surface area contributed by atoms with E-state index < -0.39 is 34.9 Å². The van der Waals surface area contributed by atoms with Crippen LogP contribution in [0, 0.1) is 0 Å². The number of rotatable bonds is 1. The van der Waals surface area contributed by atoms with E-state index in [0.29, 0.717) is 24.6 Å². The Morgan fingerprint density at radius 3 is 1.79 bits per heavy atom. The molecule has 3 nitrogen and oxygen atoms in total. The van der Waals surface area contributed by atoms with Crippen molar-refractivity contribution >= 4 is 0 Å². The van der Waals surface area contributed by atoms with E-state index in [0.717, 1.165) is 0 Å². The van der Waals surface area contributed by atoms with E-state index >= 15 is 0 Å². The van der Waals surface area contributed by atoms with E-state index in [9.17, 15) is 26.3 Å². The summed E-state index contributed by atoms with van der Waals surface area (Å²) in [5.41, 5.74) is -4.08. The number of alkyl halides is 6. The van der Waals surface area contributed by atoms with E-state index in [1.807, 2.05) is 0 Å². The van der Waals surface area contributed by atoms with E-state index in [1.165, 1.54) is 0 Å². The van der Waals surface area contributed by atoms with Crippen LogP contribution in [0.3, 0.4) is 0 Å². The number of hydrogen-bond donors (Lipinski definition) is 0. The van der Waals surface area contributed by atoms with Crippen LogP contribution in [-0.2, 0) is 12.4 Å². The van der Waals surface area contributed by atoms with E-state index in [1.54, 1.807) is 0 Å². The van der Waals surface area contributed by atoms with Crippen LogP contribution in [0.5, 0.6) is 0 Å². The van der Waals surface area contributed by atoms with Gasteiger partial charge in [0.15, 0.2) is 0 Å². The molecule has 0 unspecified atom stereocenters. The number of benzene rings is 1. The van der Waals surface area contributed by atoms with Crippen LogP contribution in [0.1, 0.15) is 11.1 Å². The van der Waals surface area contributed by atoms with Crippen molar-refractivity contribution in [1.82, 2.24) is 10.1 Å². The molecule has 2 rings (SSSR count). The third-order valence-corrected chi connectivity index (χ3v) is 2.26.